The van der Waals surface area contributed by atoms with Crippen LogP contribution in [0.5, 0.6) is 0 Å². The van der Waals surface area contributed by atoms with Crippen LogP contribution in [0.3, 0.4) is 0 Å². The van der Waals surface area contributed by atoms with E-state index in [4.69, 9.17) is 4.74 Å². The summed E-state index contributed by atoms with van der Waals surface area (Å²) in [5, 5.41) is 12.6. The molecule has 4 rings (SSSR count). The van der Waals surface area contributed by atoms with Crippen molar-refractivity contribution in [1.29, 1.82) is 0 Å². The summed E-state index contributed by atoms with van der Waals surface area (Å²) in [6.07, 6.45) is 7.19. The van der Waals surface area contributed by atoms with Crippen LogP contribution in [-0.2, 0) is 16.1 Å². The zero-order valence-electron chi connectivity index (χ0n) is 14.7. The molecule has 2 heterocycles. The maximum Gasteiger partial charge on any atom is 0.241 e. The molecule has 6 nitrogen and oxygen atoms in total. The maximum absolute atomic E-state index is 13.0. The molecule has 0 bridgehead atoms. The van der Waals surface area contributed by atoms with Crippen LogP contribution < -0.4 is 5.32 Å². The van der Waals surface area contributed by atoms with Gasteiger partial charge in [0.05, 0.1) is 6.26 Å². The van der Waals surface area contributed by atoms with Gasteiger partial charge in [0, 0.05) is 18.7 Å². The fourth-order valence-electron chi connectivity index (χ4n) is 3.28. The average Bonchev–Trinajstić information content (AvgIpc) is 3.27. The summed E-state index contributed by atoms with van der Waals surface area (Å²) < 4.78 is 7.20. The molecule has 2 aromatic rings. The number of amides is 1. The number of nitrogens with one attached hydrogen (secondary N) is 1. The third-order valence-corrected chi connectivity index (χ3v) is 6.40. The van der Waals surface area contributed by atoms with Crippen molar-refractivity contribution in [2.24, 2.45) is 0 Å². The van der Waals surface area contributed by atoms with Gasteiger partial charge >= 0.3 is 0 Å². The highest BCUT2D eigenvalue weighted by Crippen LogP contribution is 2.48. The molecular formula is C19H22N4O2S. The van der Waals surface area contributed by atoms with E-state index in [9.17, 15) is 4.79 Å². The molecule has 1 aromatic carbocycles. The summed E-state index contributed by atoms with van der Waals surface area (Å²) >= 11 is 1.54. The van der Waals surface area contributed by atoms with Crippen LogP contribution in [0.15, 0.2) is 47.8 Å². The Morgan fingerprint density at radius 3 is 2.77 bits per heavy atom. The summed E-state index contributed by atoms with van der Waals surface area (Å²) in [5.74, 6) is 0.879. The fraction of sp³-hybridized carbons (Fsp3) is 0.421. The van der Waals surface area contributed by atoms with Gasteiger partial charge in [0.1, 0.15) is 4.75 Å². The standard InChI is InChI=1S/C19H22N4O2S/c1-2-23-16(15-10-6-13-25-15)21-22-18(23)26-19(11-7-12-19)17(24)20-14-8-4-3-5-9-14/h3-6,8-9,13,15H,2,7,10-12H2,1H3,(H,20,24). The van der Waals surface area contributed by atoms with Crippen molar-refractivity contribution in [1.82, 2.24) is 14.8 Å². The van der Waals surface area contributed by atoms with Gasteiger partial charge in [-0.3, -0.25) is 4.79 Å². The molecule has 0 saturated heterocycles. The van der Waals surface area contributed by atoms with Crippen LogP contribution in [0, 0.1) is 0 Å². The topological polar surface area (TPSA) is 69.0 Å². The number of carbonyl (C=O) groups is 1. The van der Waals surface area contributed by atoms with Crippen LogP contribution in [0.4, 0.5) is 5.69 Å². The Balaban J connectivity index is 1.54. The monoisotopic (exact) mass is 370 g/mol. The molecule has 1 unspecified atom stereocenters. The number of benzene rings is 1. The number of aromatic nitrogens is 3. The van der Waals surface area contributed by atoms with Crippen molar-refractivity contribution < 1.29 is 9.53 Å². The largest absolute Gasteiger partial charge is 0.490 e. The van der Waals surface area contributed by atoms with Gasteiger partial charge in [-0.2, -0.15) is 0 Å². The number of thioether (sulfide) groups is 1. The van der Waals surface area contributed by atoms with Crippen molar-refractivity contribution in [3.05, 3.63) is 48.5 Å². The normalized spacial score (nSPS) is 20.4. The Morgan fingerprint density at radius 2 is 2.15 bits per heavy atom. The molecule has 136 valence electrons. The zero-order valence-corrected chi connectivity index (χ0v) is 15.5. The van der Waals surface area contributed by atoms with Crippen molar-refractivity contribution in [2.75, 3.05) is 5.32 Å². The summed E-state index contributed by atoms with van der Waals surface area (Å²) in [6, 6.07) is 9.60. The van der Waals surface area contributed by atoms with E-state index >= 15 is 0 Å². The van der Waals surface area contributed by atoms with E-state index in [0.29, 0.717) is 0 Å². The van der Waals surface area contributed by atoms with Crippen LogP contribution >= 0.6 is 11.8 Å². The second-order valence-corrected chi connectivity index (χ2v) is 7.94. The number of para-hydroxylation sites is 1. The van der Waals surface area contributed by atoms with Crippen molar-refractivity contribution in [2.45, 2.75) is 55.2 Å². The number of hydrogen-bond acceptors (Lipinski definition) is 5. The molecule has 1 aromatic heterocycles. The van der Waals surface area contributed by atoms with Gasteiger partial charge in [-0.15, -0.1) is 10.2 Å². The number of anilines is 1. The van der Waals surface area contributed by atoms with Crippen LogP contribution in [0.1, 0.15) is 44.5 Å². The van der Waals surface area contributed by atoms with Gasteiger partial charge in [0.25, 0.3) is 0 Å². The molecule has 0 radical (unpaired) electrons. The molecule has 7 heteroatoms. The molecule has 1 aliphatic carbocycles. The molecule has 1 atom stereocenters. The molecule has 0 spiro atoms. The lowest BCUT2D eigenvalue weighted by atomic mass is 9.83. The Labute approximate surface area is 157 Å². The minimum absolute atomic E-state index is 0.0472. The number of ether oxygens (including phenoxy) is 1. The minimum atomic E-state index is -0.470. The first-order chi connectivity index (χ1) is 12.7. The SMILES string of the molecule is CCn1c(SC2(C(=O)Nc3ccccc3)CCC2)nnc1C1CC=CO1. The van der Waals surface area contributed by atoms with Crippen molar-refractivity contribution >= 4 is 23.4 Å². The van der Waals surface area contributed by atoms with Crippen LogP contribution in [0.25, 0.3) is 0 Å². The molecule has 26 heavy (non-hydrogen) atoms. The van der Waals surface area contributed by atoms with E-state index in [1.807, 2.05) is 36.4 Å². The van der Waals surface area contributed by atoms with E-state index in [0.717, 1.165) is 48.9 Å². The Bertz CT molecular complexity index is 806. The summed E-state index contributed by atoms with van der Waals surface area (Å²) in [6.45, 7) is 2.82. The molecular weight excluding hydrogens is 348 g/mol. The van der Waals surface area contributed by atoms with E-state index in [-0.39, 0.29) is 12.0 Å². The summed E-state index contributed by atoms with van der Waals surface area (Å²) in [4.78, 5) is 13.0. The Morgan fingerprint density at radius 1 is 1.35 bits per heavy atom. The molecule has 1 N–H and O–H groups in total. The fourth-order valence-corrected chi connectivity index (χ4v) is 4.68. The average molecular weight is 370 g/mol. The van der Waals surface area contributed by atoms with Gasteiger partial charge in [-0.05, 0) is 44.4 Å². The van der Waals surface area contributed by atoms with Gasteiger partial charge in [-0.1, -0.05) is 30.0 Å². The number of carbonyl (C=O) groups excluding carboxylic acids is 1. The quantitative estimate of drug-likeness (QED) is 0.834. The third-order valence-electron chi connectivity index (χ3n) is 4.93. The first-order valence-corrected chi connectivity index (χ1v) is 9.82. The predicted octanol–water partition coefficient (Wildman–Crippen LogP) is 3.93. The summed E-state index contributed by atoms with van der Waals surface area (Å²) in [7, 11) is 0. The predicted molar refractivity (Wildman–Crippen MR) is 101 cm³/mol. The molecule has 1 amide bonds. The Hall–Kier alpha value is -2.28. The zero-order chi connectivity index (χ0) is 18.0. The summed E-state index contributed by atoms with van der Waals surface area (Å²) in [5.41, 5.74) is 0.826. The van der Waals surface area contributed by atoms with E-state index in [1.165, 1.54) is 11.8 Å². The lowest BCUT2D eigenvalue weighted by Gasteiger charge is -2.38. The highest BCUT2D eigenvalue weighted by Gasteiger charge is 2.46. The van der Waals surface area contributed by atoms with Crippen molar-refractivity contribution in [3.8, 4) is 0 Å². The van der Waals surface area contributed by atoms with Gasteiger partial charge < -0.3 is 14.6 Å². The highest BCUT2D eigenvalue weighted by molar-refractivity contribution is 8.01. The van der Waals surface area contributed by atoms with Crippen LogP contribution in [0.2, 0.25) is 0 Å². The first kappa shape index (κ1) is 17.1. The van der Waals surface area contributed by atoms with Crippen LogP contribution in [-0.4, -0.2) is 25.4 Å². The molecule has 1 saturated carbocycles. The van der Waals surface area contributed by atoms with Gasteiger partial charge in [0.15, 0.2) is 17.1 Å². The molecule has 1 fully saturated rings. The van der Waals surface area contributed by atoms with E-state index < -0.39 is 4.75 Å². The smallest absolute Gasteiger partial charge is 0.241 e. The van der Waals surface area contributed by atoms with Gasteiger partial charge in [-0.25, -0.2) is 0 Å². The number of nitrogens with zero attached hydrogens (tertiary/aromatic N) is 3. The second kappa shape index (κ2) is 7.15. The van der Waals surface area contributed by atoms with E-state index in [1.54, 1.807) is 6.26 Å². The maximum atomic E-state index is 13.0. The lowest BCUT2D eigenvalue weighted by Crippen LogP contribution is -2.46. The lowest BCUT2D eigenvalue weighted by molar-refractivity contribution is -0.120. The number of rotatable bonds is 6. The van der Waals surface area contributed by atoms with Crippen molar-refractivity contribution in [3.63, 3.8) is 0 Å². The number of hydrogen-bond donors (Lipinski definition) is 1. The molecule has 2 aliphatic rings. The highest BCUT2D eigenvalue weighted by atomic mass is 32.2. The molecule has 1 aliphatic heterocycles. The minimum Gasteiger partial charge on any atom is -0.490 e. The Kier molecular flexibility index (Phi) is 4.72. The van der Waals surface area contributed by atoms with Gasteiger partial charge in [0.2, 0.25) is 5.91 Å². The second-order valence-electron chi connectivity index (χ2n) is 6.59. The third kappa shape index (κ3) is 3.11. The first-order valence-electron chi connectivity index (χ1n) is 9.01. The van der Waals surface area contributed by atoms with E-state index in [2.05, 4.69) is 27.0 Å².